The predicted molar refractivity (Wildman–Crippen MR) is 73.3 cm³/mol. The minimum Gasteiger partial charge on any atom is -0.396 e. The maximum Gasteiger partial charge on any atom is 0.0431 e. The van der Waals surface area contributed by atoms with Gasteiger partial charge in [0.15, 0.2) is 0 Å². The number of aliphatic hydroxyl groups is 1. The van der Waals surface area contributed by atoms with E-state index in [1.54, 1.807) is 0 Å². The van der Waals surface area contributed by atoms with Crippen LogP contribution in [0.1, 0.15) is 51.9 Å². The van der Waals surface area contributed by atoms with E-state index in [4.69, 9.17) is 5.11 Å². The van der Waals surface area contributed by atoms with Crippen molar-refractivity contribution in [3.63, 3.8) is 0 Å². The molecule has 1 rings (SSSR count). The molecule has 0 aromatic heterocycles. The Morgan fingerprint density at radius 1 is 1.12 bits per heavy atom. The molecule has 1 fully saturated rings. The molecule has 0 bridgehead atoms. The summed E-state index contributed by atoms with van der Waals surface area (Å²) in [7, 11) is 2.26. The second-order valence-electron chi connectivity index (χ2n) is 5.33. The molecule has 3 heteroatoms. The molecule has 102 valence electrons. The fraction of sp³-hybridized carbons (Fsp3) is 1.00. The molecule has 1 saturated carbocycles. The summed E-state index contributed by atoms with van der Waals surface area (Å²) in [5.41, 5.74) is 0. The molecule has 17 heavy (non-hydrogen) atoms. The lowest BCUT2D eigenvalue weighted by Crippen LogP contribution is -2.41. The molecule has 1 aliphatic rings. The van der Waals surface area contributed by atoms with Gasteiger partial charge in [0.1, 0.15) is 0 Å². The molecule has 3 nitrogen and oxygen atoms in total. The second-order valence-corrected chi connectivity index (χ2v) is 5.33. The molecule has 0 unspecified atom stereocenters. The van der Waals surface area contributed by atoms with Crippen LogP contribution < -0.4 is 5.32 Å². The van der Waals surface area contributed by atoms with Crippen LogP contribution in [0.2, 0.25) is 0 Å². The van der Waals surface area contributed by atoms with Crippen LogP contribution in [0.5, 0.6) is 0 Å². The standard InChI is InChI=1S/C14H30N2O/c1-3-15-13-7-9-14(10-8-13)16(2)11-5-4-6-12-17/h13-15,17H,3-12H2,1-2H3. The van der Waals surface area contributed by atoms with E-state index in [0.29, 0.717) is 6.61 Å². The molecule has 1 aliphatic carbocycles. The van der Waals surface area contributed by atoms with Gasteiger partial charge in [-0.1, -0.05) is 6.92 Å². The van der Waals surface area contributed by atoms with Gasteiger partial charge in [0, 0.05) is 18.7 Å². The highest BCUT2D eigenvalue weighted by molar-refractivity contribution is 4.81. The number of rotatable bonds is 8. The van der Waals surface area contributed by atoms with E-state index >= 15 is 0 Å². The SMILES string of the molecule is CCNC1CCC(N(C)CCCCCO)CC1. The number of aliphatic hydroxyl groups excluding tert-OH is 1. The first-order valence-corrected chi connectivity index (χ1v) is 7.32. The Morgan fingerprint density at radius 3 is 2.41 bits per heavy atom. The highest BCUT2D eigenvalue weighted by atomic mass is 16.2. The Balaban J connectivity index is 2.10. The average Bonchev–Trinajstić information content (AvgIpc) is 2.36. The van der Waals surface area contributed by atoms with E-state index in [2.05, 4.69) is 24.2 Å². The van der Waals surface area contributed by atoms with Crippen molar-refractivity contribution < 1.29 is 5.11 Å². The molecule has 0 atom stereocenters. The van der Waals surface area contributed by atoms with Gasteiger partial charge in [-0.05, 0) is 65.1 Å². The highest BCUT2D eigenvalue weighted by Gasteiger charge is 2.22. The first kappa shape index (κ1) is 14.9. The van der Waals surface area contributed by atoms with E-state index in [9.17, 15) is 0 Å². The number of nitrogens with one attached hydrogen (secondary N) is 1. The smallest absolute Gasteiger partial charge is 0.0431 e. The lowest BCUT2D eigenvalue weighted by atomic mass is 9.90. The fourth-order valence-corrected chi connectivity index (χ4v) is 2.84. The molecule has 0 aromatic carbocycles. The molecular formula is C14H30N2O. The third-order valence-corrected chi connectivity index (χ3v) is 3.98. The molecular weight excluding hydrogens is 212 g/mol. The zero-order valence-electron chi connectivity index (χ0n) is 11.6. The zero-order valence-corrected chi connectivity index (χ0v) is 11.6. The third kappa shape index (κ3) is 5.84. The van der Waals surface area contributed by atoms with E-state index in [-0.39, 0.29) is 0 Å². The normalized spacial score (nSPS) is 25.4. The minimum atomic E-state index is 0.345. The summed E-state index contributed by atoms with van der Waals surface area (Å²) in [6, 6.07) is 1.55. The summed E-state index contributed by atoms with van der Waals surface area (Å²) in [6.45, 7) is 4.83. The topological polar surface area (TPSA) is 35.5 Å². The van der Waals surface area contributed by atoms with Crippen molar-refractivity contribution in [3.8, 4) is 0 Å². The number of hydrogen-bond acceptors (Lipinski definition) is 3. The Kier molecular flexibility index (Phi) is 7.82. The van der Waals surface area contributed by atoms with Gasteiger partial charge >= 0.3 is 0 Å². The summed E-state index contributed by atoms with van der Waals surface area (Å²) in [5, 5.41) is 12.3. The van der Waals surface area contributed by atoms with E-state index in [0.717, 1.165) is 31.5 Å². The van der Waals surface area contributed by atoms with Gasteiger partial charge in [-0.3, -0.25) is 0 Å². The summed E-state index contributed by atoms with van der Waals surface area (Å²) >= 11 is 0. The van der Waals surface area contributed by atoms with Crippen LogP contribution >= 0.6 is 0 Å². The molecule has 0 aromatic rings. The largest absolute Gasteiger partial charge is 0.396 e. The maximum absolute atomic E-state index is 8.74. The molecule has 2 N–H and O–H groups in total. The van der Waals surface area contributed by atoms with Gasteiger partial charge in [0.2, 0.25) is 0 Å². The van der Waals surface area contributed by atoms with Crippen LogP contribution in [0.3, 0.4) is 0 Å². The van der Waals surface area contributed by atoms with Crippen molar-refractivity contribution in [3.05, 3.63) is 0 Å². The molecule has 0 spiro atoms. The quantitative estimate of drug-likeness (QED) is 0.639. The molecule has 0 heterocycles. The van der Waals surface area contributed by atoms with Crippen LogP contribution in [0, 0.1) is 0 Å². The van der Waals surface area contributed by atoms with Crippen LogP contribution in [0.4, 0.5) is 0 Å². The molecule has 0 radical (unpaired) electrons. The van der Waals surface area contributed by atoms with Crippen molar-refractivity contribution >= 4 is 0 Å². The lowest BCUT2D eigenvalue weighted by Gasteiger charge is -2.35. The first-order valence-electron chi connectivity index (χ1n) is 7.32. The van der Waals surface area contributed by atoms with Crippen molar-refractivity contribution in [2.75, 3.05) is 26.7 Å². The van der Waals surface area contributed by atoms with Crippen LogP contribution in [0.15, 0.2) is 0 Å². The molecule has 0 saturated heterocycles. The number of nitrogens with zero attached hydrogens (tertiary/aromatic N) is 1. The summed E-state index contributed by atoms with van der Waals surface area (Å²) < 4.78 is 0. The van der Waals surface area contributed by atoms with Gasteiger partial charge in [-0.15, -0.1) is 0 Å². The van der Waals surface area contributed by atoms with Crippen LogP contribution in [-0.2, 0) is 0 Å². The summed E-state index contributed by atoms with van der Waals surface area (Å²) in [5.74, 6) is 0. The monoisotopic (exact) mass is 242 g/mol. The van der Waals surface area contributed by atoms with Crippen molar-refractivity contribution in [2.45, 2.75) is 64.0 Å². The van der Waals surface area contributed by atoms with E-state index in [1.165, 1.54) is 38.6 Å². The minimum absolute atomic E-state index is 0.345. The van der Waals surface area contributed by atoms with Gasteiger partial charge in [-0.2, -0.15) is 0 Å². The van der Waals surface area contributed by atoms with Crippen molar-refractivity contribution in [1.82, 2.24) is 10.2 Å². The molecule has 0 amide bonds. The average molecular weight is 242 g/mol. The van der Waals surface area contributed by atoms with Crippen molar-refractivity contribution in [1.29, 1.82) is 0 Å². The van der Waals surface area contributed by atoms with Crippen LogP contribution in [0.25, 0.3) is 0 Å². The van der Waals surface area contributed by atoms with Gasteiger partial charge < -0.3 is 15.3 Å². The third-order valence-electron chi connectivity index (χ3n) is 3.98. The highest BCUT2D eigenvalue weighted by Crippen LogP contribution is 2.22. The Labute approximate surface area is 107 Å². The zero-order chi connectivity index (χ0) is 12.5. The summed E-state index contributed by atoms with van der Waals surface area (Å²) in [4.78, 5) is 2.53. The van der Waals surface area contributed by atoms with E-state index in [1.807, 2.05) is 0 Å². The Morgan fingerprint density at radius 2 is 1.82 bits per heavy atom. The lowest BCUT2D eigenvalue weighted by molar-refractivity contribution is 0.170. The Hall–Kier alpha value is -0.120. The van der Waals surface area contributed by atoms with Crippen LogP contribution in [-0.4, -0.2) is 48.8 Å². The molecule has 0 aliphatic heterocycles. The predicted octanol–water partition coefficient (Wildman–Crippen LogP) is 2.00. The van der Waals surface area contributed by atoms with Crippen molar-refractivity contribution in [2.24, 2.45) is 0 Å². The first-order chi connectivity index (χ1) is 8.27. The number of hydrogen-bond donors (Lipinski definition) is 2. The van der Waals surface area contributed by atoms with E-state index < -0.39 is 0 Å². The number of unbranched alkanes of at least 4 members (excludes halogenated alkanes) is 2. The maximum atomic E-state index is 8.74. The second kappa shape index (κ2) is 8.90. The van der Waals surface area contributed by atoms with Gasteiger partial charge in [0.25, 0.3) is 0 Å². The summed E-state index contributed by atoms with van der Waals surface area (Å²) in [6.07, 6.45) is 8.69. The van der Waals surface area contributed by atoms with Gasteiger partial charge in [0.05, 0.1) is 0 Å². The Bertz CT molecular complexity index is 179. The fourth-order valence-electron chi connectivity index (χ4n) is 2.84. The van der Waals surface area contributed by atoms with Gasteiger partial charge in [-0.25, -0.2) is 0 Å².